The Bertz CT molecular complexity index is 840. The van der Waals surface area contributed by atoms with E-state index >= 15 is 0 Å². The lowest BCUT2D eigenvalue weighted by atomic mass is 10.0. The number of hydrogen-bond acceptors (Lipinski definition) is 4. The molecule has 1 aliphatic rings. The van der Waals surface area contributed by atoms with Crippen molar-refractivity contribution < 1.29 is 31.2 Å². The van der Waals surface area contributed by atoms with E-state index in [1.807, 2.05) is 0 Å². The monoisotopic (exact) mass is 421 g/mol. The Balaban J connectivity index is 2.06. The molecule has 1 saturated heterocycles. The molecule has 7 nitrogen and oxygen atoms in total. The van der Waals surface area contributed by atoms with E-state index in [0.717, 1.165) is 12.1 Å². The van der Waals surface area contributed by atoms with E-state index in [4.69, 9.17) is 0 Å². The quantitative estimate of drug-likeness (QED) is 0.678. The first-order valence-electron chi connectivity index (χ1n) is 8.63. The molecule has 28 heavy (non-hydrogen) atoms. The van der Waals surface area contributed by atoms with Crippen LogP contribution in [0.25, 0.3) is 0 Å². The molecule has 2 unspecified atom stereocenters. The zero-order chi connectivity index (χ0) is 21.1. The van der Waals surface area contributed by atoms with Crippen molar-refractivity contribution in [3.05, 3.63) is 29.8 Å². The van der Waals surface area contributed by atoms with Gasteiger partial charge >= 0.3 is 12.2 Å². The fraction of sp³-hybridized carbons (Fsp3) is 0.529. The highest BCUT2D eigenvalue weighted by molar-refractivity contribution is 7.91. The summed E-state index contributed by atoms with van der Waals surface area (Å²) in [5.74, 6) is -1.44. The van der Waals surface area contributed by atoms with Gasteiger partial charge in [0.15, 0.2) is 9.84 Å². The molecule has 0 radical (unpaired) electrons. The topological polar surface area (TPSA) is 104 Å². The minimum atomic E-state index is -4.64. The third-order valence-corrected chi connectivity index (χ3v) is 6.06. The second kappa shape index (κ2) is 8.38. The van der Waals surface area contributed by atoms with Crippen molar-refractivity contribution >= 4 is 27.5 Å². The third-order valence-electron chi connectivity index (χ3n) is 4.29. The number of nitrogens with one attached hydrogen (secondary N) is 3. The van der Waals surface area contributed by atoms with E-state index in [1.165, 1.54) is 12.1 Å². The normalized spacial score (nSPS) is 19.9. The van der Waals surface area contributed by atoms with Gasteiger partial charge in [-0.05, 0) is 24.5 Å². The summed E-state index contributed by atoms with van der Waals surface area (Å²) < 4.78 is 62.1. The van der Waals surface area contributed by atoms with E-state index in [9.17, 15) is 31.2 Å². The van der Waals surface area contributed by atoms with Gasteiger partial charge in [0, 0.05) is 6.04 Å². The third kappa shape index (κ3) is 5.85. The molecule has 1 aromatic rings. The molecule has 156 valence electrons. The molecule has 1 heterocycles. The van der Waals surface area contributed by atoms with Gasteiger partial charge in [0.1, 0.15) is 6.04 Å². The summed E-state index contributed by atoms with van der Waals surface area (Å²) in [6, 6.07) is 2.11. The number of urea groups is 1. The molecule has 0 spiro atoms. The lowest BCUT2D eigenvalue weighted by Gasteiger charge is -2.24. The van der Waals surface area contributed by atoms with Crippen LogP contribution in [-0.2, 0) is 20.8 Å². The lowest BCUT2D eigenvalue weighted by molar-refractivity contribution is -0.137. The average molecular weight is 421 g/mol. The maximum absolute atomic E-state index is 13.1. The summed E-state index contributed by atoms with van der Waals surface area (Å²) in [5.41, 5.74) is -1.40. The Hall–Kier alpha value is -2.30. The fourth-order valence-corrected chi connectivity index (χ4v) is 4.54. The number of amides is 3. The molecule has 2 rings (SSSR count). The van der Waals surface area contributed by atoms with Crippen LogP contribution in [0.2, 0.25) is 0 Å². The highest BCUT2D eigenvalue weighted by Gasteiger charge is 2.35. The zero-order valence-corrected chi connectivity index (χ0v) is 16.2. The zero-order valence-electron chi connectivity index (χ0n) is 15.3. The smallest absolute Gasteiger partial charge is 0.334 e. The summed E-state index contributed by atoms with van der Waals surface area (Å²) >= 11 is 0. The maximum atomic E-state index is 13.1. The van der Waals surface area contributed by atoms with Crippen molar-refractivity contribution in [1.82, 2.24) is 10.6 Å². The largest absolute Gasteiger partial charge is 0.418 e. The average Bonchev–Trinajstić information content (AvgIpc) is 2.90. The fourth-order valence-electron chi connectivity index (χ4n) is 2.86. The molecule has 3 amide bonds. The van der Waals surface area contributed by atoms with Gasteiger partial charge in [0.05, 0.1) is 22.8 Å². The van der Waals surface area contributed by atoms with Crippen LogP contribution in [0.1, 0.15) is 25.8 Å². The van der Waals surface area contributed by atoms with Crippen LogP contribution in [0.4, 0.5) is 23.7 Å². The van der Waals surface area contributed by atoms with E-state index in [1.54, 1.807) is 13.8 Å². The standard InChI is InChI=1S/C17H22F3N3O4S/c1-10(2)14(23-16(25)21-11-7-8-28(26,27)9-11)15(24)22-13-6-4-3-5-12(13)17(18,19)20/h3-6,10-11,14H,7-9H2,1-2H3,(H,22,24)(H2,21,23,25). The van der Waals surface area contributed by atoms with Crippen LogP contribution < -0.4 is 16.0 Å². The predicted molar refractivity (Wildman–Crippen MR) is 97.4 cm³/mol. The van der Waals surface area contributed by atoms with E-state index < -0.39 is 57.2 Å². The molecule has 2 atom stereocenters. The van der Waals surface area contributed by atoms with E-state index in [0.29, 0.717) is 0 Å². The maximum Gasteiger partial charge on any atom is 0.418 e. The molecule has 1 aliphatic heterocycles. The molecule has 3 N–H and O–H groups in total. The van der Waals surface area contributed by atoms with Gasteiger partial charge in [-0.2, -0.15) is 13.2 Å². The first-order chi connectivity index (χ1) is 12.9. The Morgan fingerprint density at radius 3 is 2.36 bits per heavy atom. The highest BCUT2D eigenvalue weighted by atomic mass is 32.2. The highest BCUT2D eigenvalue weighted by Crippen LogP contribution is 2.34. The Labute approximate surface area is 161 Å². The number of hydrogen-bond donors (Lipinski definition) is 3. The second-order valence-corrected chi connectivity index (χ2v) is 9.20. The lowest BCUT2D eigenvalue weighted by Crippen LogP contribution is -2.52. The number of alkyl halides is 3. The van der Waals surface area contributed by atoms with Crippen LogP contribution >= 0.6 is 0 Å². The van der Waals surface area contributed by atoms with Crippen LogP contribution in [0.15, 0.2) is 24.3 Å². The van der Waals surface area contributed by atoms with Crippen molar-refractivity contribution in [1.29, 1.82) is 0 Å². The first kappa shape index (κ1) is 22.0. The summed E-state index contributed by atoms with van der Waals surface area (Å²) in [4.78, 5) is 24.6. The van der Waals surface area contributed by atoms with Gasteiger partial charge in [-0.1, -0.05) is 26.0 Å². The van der Waals surface area contributed by atoms with Crippen LogP contribution in [0.3, 0.4) is 0 Å². The van der Waals surface area contributed by atoms with Crippen molar-refractivity contribution in [2.45, 2.75) is 38.5 Å². The number of sulfone groups is 1. The van der Waals surface area contributed by atoms with Gasteiger partial charge in [0.2, 0.25) is 5.91 Å². The Morgan fingerprint density at radius 1 is 1.18 bits per heavy atom. The van der Waals surface area contributed by atoms with Crippen molar-refractivity contribution in [3.8, 4) is 0 Å². The number of benzene rings is 1. The molecule has 0 aromatic heterocycles. The minimum Gasteiger partial charge on any atom is -0.334 e. The molecular formula is C17H22F3N3O4S. The van der Waals surface area contributed by atoms with Crippen LogP contribution in [-0.4, -0.2) is 43.9 Å². The summed E-state index contributed by atoms with van der Waals surface area (Å²) in [6.45, 7) is 3.25. The summed E-state index contributed by atoms with van der Waals surface area (Å²) in [7, 11) is -3.19. The number of rotatable bonds is 5. The Kier molecular flexibility index (Phi) is 6.58. The van der Waals surface area contributed by atoms with Gasteiger partial charge in [-0.25, -0.2) is 13.2 Å². The predicted octanol–water partition coefficient (Wildman–Crippen LogP) is 2.15. The first-order valence-corrected chi connectivity index (χ1v) is 10.5. The van der Waals surface area contributed by atoms with Crippen LogP contribution in [0, 0.1) is 5.92 Å². The molecule has 11 heteroatoms. The van der Waals surface area contributed by atoms with E-state index in [-0.39, 0.29) is 17.9 Å². The molecule has 1 fully saturated rings. The van der Waals surface area contributed by atoms with Gasteiger partial charge < -0.3 is 16.0 Å². The minimum absolute atomic E-state index is 0.0275. The molecule has 1 aromatic carbocycles. The molecular weight excluding hydrogens is 399 g/mol. The van der Waals surface area contributed by atoms with Crippen molar-refractivity contribution in [2.75, 3.05) is 16.8 Å². The van der Waals surface area contributed by atoms with Gasteiger partial charge in [-0.3, -0.25) is 4.79 Å². The molecule has 0 bridgehead atoms. The number of carbonyl (C=O) groups is 2. The van der Waals surface area contributed by atoms with Crippen molar-refractivity contribution in [2.24, 2.45) is 5.92 Å². The van der Waals surface area contributed by atoms with Gasteiger partial charge in [-0.15, -0.1) is 0 Å². The van der Waals surface area contributed by atoms with Gasteiger partial charge in [0.25, 0.3) is 0 Å². The van der Waals surface area contributed by atoms with E-state index in [2.05, 4.69) is 16.0 Å². The summed E-state index contributed by atoms with van der Waals surface area (Å²) in [5, 5.41) is 7.11. The van der Waals surface area contributed by atoms with Crippen molar-refractivity contribution in [3.63, 3.8) is 0 Å². The SMILES string of the molecule is CC(C)C(NC(=O)NC1CCS(=O)(=O)C1)C(=O)Nc1ccccc1C(F)(F)F. The number of carbonyl (C=O) groups excluding carboxylic acids is 2. The number of para-hydroxylation sites is 1. The molecule has 0 saturated carbocycles. The Morgan fingerprint density at radius 2 is 1.82 bits per heavy atom. The van der Waals surface area contributed by atoms with Crippen LogP contribution in [0.5, 0.6) is 0 Å². The number of anilines is 1. The second-order valence-electron chi connectivity index (χ2n) is 6.97. The molecule has 0 aliphatic carbocycles. The summed E-state index contributed by atoms with van der Waals surface area (Å²) in [6.07, 6.45) is -4.37. The number of halogens is 3.